The molecule has 5 rings (SSSR count). The molecule has 182 valence electrons. The summed E-state index contributed by atoms with van der Waals surface area (Å²) in [5, 5.41) is 12.2. The lowest BCUT2D eigenvalue weighted by Gasteiger charge is -2.36. The second-order valence-electron chi connectivity index (χ2n) is 8.15. The summed E-state index contributed by atoms with van der Waals surface area (Å²) in [5.41, 5.74) is 2.04. The Bertz CT molecular complexity index is 1340. The molecule has 4 heterocycles. The molecule has 11 heteroatoms. The summed E-state index contributed by atoms with van der Waals surface area (Å²) in [6.07, 6.45) is 4.04. The van der Waals surface area contributed by atoms with Crippen LogP contribution in [0, 0.1) is 11.6 Å². The van der Waals surface area contributed by atoms with Crippen LogP contribution in [0.2, 0.25) is 0 Å². The monoisotopic (exact) mass is 481 g/mol. The Morgan fingerprint density at radius 3 is 2.66 bits per heavy atom. The van der Waals surface area contributed by atoms with Crippen molar-refractivity contribution in [3.63, 3.8) is 0 Å². The summed E-state index contributed by atoms with van der Waals surface area (Å²) in [7, 11) is 1.58. The van der Waals surface area contributed by atoms with Crippen LogP contribution < -0.4 is 15.0 Å². The number of hydrogen-bond donors (Lipinski definition) is 2. The van der Waals surface area contributed by atoms with Crippen molar-refractivity contribution >= 4 is 23.0 Å². The maximum atomic E-state index is 14.6. The molecule has 1 fully saturated rings. The molecule has 3 aromatic heterocycles. The number of aliphatic hydroxyl groups excluding tert-OH is 1. The lowest BCUT2D eigenvalue weighted by Crippen LogP contribution is -2.47. The highest BCUT2D eigenvalue weighted by Crippen LogP contribution is 2.32. The Hall–Kier alpha value is -3.83. The van der Waals surface area contributed by atoms with Gasteiger partial charge in [0.15, 0.2) is 17.3 Å². The summed E-state index contributed by atoms with van der Waals surface area (Å²) < 4.78 is 35.7. The highest BCUT2D eigenvalue weighted by molar-refractivity contribution is 5.69. The molecule has 35 heavy (non-hydrogen) atoms. The zero-order valence-electron chi connectivity index (χ0n) is 19.2. The van der Waals surface area contributed by atoms with Crippen LogP contribution in [-0.4, -0.2) is 75.8 Å². The number of methoxy groups -OCH3 is 1. The van der Waals surface area contributed by atoms with E-state index in [1.807, 2.05) is 18.2 Å². The summed E-state index contributed by atoms with van der Waals surface area (Å²) in [5.74, 6) is -0.404. The fraction of sp³-hybridized carbons (Fsp3) is 0.292. The van der Waals surface area contributed by atoms with Crippen LogP contribution in [0.25, 0.3) is 17.0 Å². The number of anilines is 3. The molecular formula is C24H25F2N7O2. The Morgan fingerprint density at radius 2 is 1.89 bits per heavy atom. The third-order valence-electron chi connectivity index (χ3n) is 6.06. The van der Waals surface area contributed by atoms with E-state index in [1.165, 1.54) is 22.7 Å². The van der Waals surface area contributed by atoms with Crippen LogP contribution in [0.1, 0.15) is 0 Å². The van der Waals surface area contributed by atoms with Gasteiger partial charge in [0.25, 0.3) is 0 Å². The largest absolute Gasteiger partial charge is 0.494 e. The fourth-order valence-corrected chi connectivity index (χ4v) is 4.23. The number of hydrogen-bond acceptors (Lipinski definition) is 8. The smallest absolute Gasteiger partial charge is 0.228 e. The van der Waals surface area contributed by atoms with Gasteiger partial charge in [0, 0.05) is 50.7 Å². The first-order valence-corrected chi connectivity index (χ1v) is 11.2. The van der Waals surface area contributed by atoms with Gasteiger partial charge in [0.1, 0.15) is 11.4 Å². The maximum Gasteiger partial charge on any atom is 0.228 e. The number of aliphatic hydroxyl groups is 1. The van der Waals surface area contributed by atoms with Crippen LogP contribution in [0.4, 0.5) is 26.1 Å². The van der Waals surface area contributed by atoms with Crippen LogP contribution in [-0.2, 0) is 0 Å². The molecule has 1 aromatic carbocycles. The zero-order chi connectivity index (χ0) is 24.4. The molecular weight excluding hydrogens is 456 g/mol. The molecule has 0 atom stereocenters. The minimum Gasteiger partial charge on any atom is -0.494 e. The number of ether oxygens (including phenoxy) is 1. The average molecular weight is 482 g/mol. The Labute approximate surface area is 200 Å². The number of benzene rings is 1. The number of rotatable bonds is 7. The molecule has 0 bridgehead atoms. The highest BCUT2D eigenvalue weighted by Gasteiger charge is 2.19. The Balaban J connectivity index is 1.39. The molecule has 1 aliphatic heterocycles. The summed E-state index contributed by atoms with van der Waals surface area (Å²) in [4.78, 5) is 16.9. The van der Waals surface area contributed by atoms with Gasteiger partial charge in [-0.3, -0.25) is 9.30 Å². The number of nitrogens with one attached hydrogen (secondary N) is 1. The van der Waals surface area contributed by atoms with Crippen LogP contribution >= 0.6 is 0 Å². The topological polar surface area (TPSA) is 91.0 Å². The molecule has 0 unspecified atom stereocenters. The van der Waals surface area contributed by atoms with Crippen molar-refractivity contribution in [2.24, 2.45) is 0 Å². The van der Waals surface area contributed by atoms with E-state index in [1.54, 1.807) is 13.3 Å². The van der Waals surface area contributed by atoms with E-state index in [-0.39, 0.29) is 23.9 Å². The quantitative estimate of drug-likeness (QED) is 0.417. The molecule has 0 spiro atoms. The molecule has 1 aliphatic rings. The predicted octanol–water partition coefficient (Wildman–Crippen LogP) is 2.94. The second kappa shape index (κ2) is 9.80. The van der Waals surface area contributed by atoms with E-state index in [0.717, 1.165) is 38.1 Å². The van der Waals surface area contributed by atoms with E-state index in [0.29, 0.717) is 23.7 Å². The van der Waals surface area contributed by atoms with Crippen LogP contribution in [0.5, 0.6) is 5.75 Å². The third kappa shape index (κ3) is 4.60. The summed E-state index contributed by atoms with van der Waals surface area (Å²) >= 11 is 0. The molecule has 1 saturated heterocycles. The first-order chi connectivity index (χ1) is 17.1. The number of aromatic nitrogens is 4. The number of β-amino-alcohol motifs (C(OH)–C–C–N with tert-alkyl or cyclic N) is 1. The fourth-order valence-electron chi connectivity index (χ4n) is 4.23. The average Bonchev–Trinajstić information content (AvgIpc) is 3.31. The van der Waals surface area contributed by atoms with Crippen molar-refractivity contribution in [2.45, 2.75) is 0 Å². The predicted molar refractivity (Wildman–Crippen MR) is 128 cm³/mol. The molecule has 4 aromatic rings. The lowest BCUT2D eigenvalue weighted by atomic mass is 10.2. The second-order valence-corrected chi connectivity index (χ2v) is 8.15. The van der Waals surface area contributed by atoms with Gasteiger partial charge < -0.3 is 20.1 Å². The molecule has 2 N–H and O–H groups in total. The third-order valence-corrected chi connectivity index (χ3v) is 6.06. The van der Waals surface area contributed by atoms with Crippen LogP contribution in [0.3, 0.4) is 0 Å². The summed E-state index contributed by atoms with van der Waals surface area (Å²) in [6.45, 7) is 4.30. The van der Waals surface area contributed by atoms with Gasteiger partial charge in [0.2, 0.25) is 5.95 Å². The van der Waals surface area contributed by atoms with E-state index in [2.05, 4.69) is 30.1 Å². The Morgan fingerprint density at radius 1 is 1.06 bits per heavy atom. The number of imidazole rings is 1. The highest BCUT2D eigenvalue weighted by atomic mass is 19.1. The van der Waals surface area contributed by atoms with Crippen molar-refractivity contribution < 1.29 is 18.6 Å². The van der Waals surface area contributed by atoms with Crippen molar-refractivity contribution in [1.82, 2.24) is 24.3 Å². The van der Waals surface area contributed by atoms with Gasteiger partial charge in [-0.25, -0.2) is 23.7 Å². The number of piperazine rings is 1. The van der Waals surface area contributed by atoms with Crippen LogP contribution in [0.15, 0.2) is 48.9 Å². The van der Waals surface area contributed by atoms with Gasteiger partial charge in [-0.05, 0) is 24.3 Å². The Kier molecular flexibility index (Phi) is 6.43. The van der Waals surface area contributed by atoms with Gasteiger partial charge in [-0.15, -0.1) is 0 Å². The first kappa shape index (κ1) is 22.9. The van der Waals surface area contributed by atoms with Gasteiger partial charge in [-0.1, -0.05) is 0 Å². The minimum absolute atomic E-state index is 0.00284. The van der Waals surface area contributed by atoms with E-state index in [4.69, 9.17) is 9.84 Å². The number of halogens is 2. The minimum atomic E-state index is -0.649. The summed E-state index contributed by atoms with van der Waals surface area (Å²) in [6, 6.07) is 8.58. The number of fused-ring (bicyclic) bond motifs is 1. The van der Waals surface area contributed by atoms with Crippen molar-refractivity contribution in [1.29, 1.82) is 0 Å². The molecule has 0 aliphatic carbocycles. The maximum absolute atomic E-state index is 14.6. The standard InChI is InChI=1S/C24H25F2N7O2/c1-35-21-13-16(32-9-7-31(8-10-32)11-12-34)4-5-19(21)29-24-28-14-18(26)22(30-24)20-15-27-23-17(25)3-2-6-33(20)23/h2-6,13-15,34H,7-12H2,1H3,(H,28,29,30). The lowest BCUT2D eigenvalue weighted by molar-refractivity contribution is 0.189. The van der Waals surface area contributed by atoms with Crippen molar-refractivity contribution in [3.05, 3.63) is 60.6 Å². The van der Waals surface area contributed by atoms with Crippen molar-refractivity contribution in [3.8, 4) is 17.1 Å². The number of nitrogens with zero attached hydrogens (tertiary/aromatic N) is 6. The SMILES string of the molecule is COc1cc(N2CCN(CCO)CC2)ccc1Nc1ncc(F)c(-c2cnc3c(F)cccn23)n1. The molecule has 0 saturated carbocycles. The molecule has 0 radical (unpaired) electrons. The van der Waals surface area contributed by atoms with E-state index < -0.39 is 11.6 Å². The van der Waals surface area contributed by atoms with Gasteiger partial charge >= 0.3 is 0 Å². The van der Waals surface area contributed by atoms with Gasteiger partial charge in [-0.2, -0.15) is 0 Å². The van der Waals surface area contributed by atoms with E-state index in [9.17, 15) is 8.78 Å². The molecule has 0 amide bonds. The normalized spacial score (nSPS) is 14.5. The van der Waals surface area contributed by atoms with Crippen molar-refractivity contribution in [2.75, 3.05) is 56.7 Å². The number of pyridine rings is 1. The first-order valence-electron chi connectivity index (χ1n) is 11.2. The zero-order valence-corrected chi connectivity index (χ0v) is 19.2. The molecule has 9 nitrogen and oxygen atoms in total. The van der Waals surface area contributed by atoms with E-state index >= 15 is 0 Å². The van der Waals surface area contributed by atoms with Gasteiger partial charge in [0.05, 0.1) is 37.5 Å².